The maximum atomic E-state index is 13.1. The van der Waals surface area contributed by atoms with E-state index in [0.29, 0.717) is 32.1 Å². The quantitative estimate of drug-likeness (QED) is 0.687. The molecule has 3 fully saturated rings. The Balaban J connectivity index is 1.14. The Morgan fingerprint density at radius 1 is 0.906 bits per heavy atom. The number of fused-ring (bicyclic) bond motifs is 2. The molecule has 9 nitrogen and oxygen atoms in total. The first-order valence-electron chi connectivity index (χ1n) is 11.9. The van der Waals surface area contributed by atoms with Gasteiger partial charge in [-0.05, 0) is 26.3 Å². The second kappa shape index (κ2) is 7.72. The van der Waals surface area contributed by atoms with E-state index in [9.17, 15) is 9.59 Å². The third kappa shape index (κ3) is 3.43. The molecule has 2 saturated heterocycles. The summed E-state index contributed by atoms with van der Waals surface area (Å²) >= 11 is 0. The molecule has 2 aromatic heterocycles. The van der Waals surface area contributed by atoms with E-state index in [2.05, 4.69) is 21.9 Å². The van der Waals surface area contributed by atoms with Gasteiger partial charge in [0.25, 0.3) is 0 Å². The van der Waals surface area contributed by atoms with Crippen LogP contribution in [0.3, 0.4) is 0 Å². The fraction of sp³-hybridized carbons (Fsp3) is 0.652. The lowest BCUT2D eigenvalue weighted by molar-refractivity contribution is -0.143. The molecule has 170 valence electrons. The summed E-state index contributed by atoms with van der Waals surface area (Å²) in [6.45, 7) is 6.15. The van der Waals surface area contributed by atoms with E-state index in [1.54, 1.807) is 0 Å². The van der Waals surface area contributed by atoms with Crippen molar-refractivity contribution in [1.29, 1.82) is 0 Å². The number of hydrogen-bond donors (Lipinski definition) is 0. The van der Waals surface area contributed by atoms with Crippen LogP contribution in [-0.4, -0.2) is 101 Å². The molecule has 0 atom stereocenters. The second-order valence-corrected chi connectivity index (χ2v) is 9.79. The number of carbonyl (C=O) groups excluding carboxylic acids is 2. The van der Waals surface area contributed by atoms with Crippen LogP contribution >= 0.6 is 0 Å². The first-order chi connectivity index (χ1) is 15.6. The van der Waals surface area contributed by atoms with Crippen LogP contribution in [0.1, 0.15) is 24.1 Å². The molecule has 1 aliphatic carbocycles. The molecule has 5 heterocycles. The number of rotatable bonds is 3. The predicted molar refractivity (Wildman–Crippen MR) is 119 cm³/mol. The van der Waals surface area contributed by atoms with E-state index >= 15 is 0 Å². The lowest BCUT2D eigenvalue weighted by Gasteiger charge is -2.44. The Morgan fingerprint density at radius 2 is 1.56 bits per heavy atom. The zero-order chi connectivity index (χ0) is 21.8. The molecule has 2 aromatic rings. The van der Waals surface area contributed by atoms with Crippen molar-refractivity contribution in [2.75, 3.05) is 64.3 Å². The topological polar surface area (TPSA) is 77.3 Å². The number of likely N-dealkylation sites (N-methyl/N-ethyl adjacent to an activating group) is 1. The Hall–Kier alpha value is -2.68. The number of carbonyl (C=O) groups is 2. The third-order valence-corrected chi connectivity index (χ3v) is 7.52. The second-order valence-electron chi connectivity index (χ2n) is 9.79. The highest BCUT2D eigenvalue weighted by atomic mass is 16.2. The van der Waals surface area contributed by atoms with Gasteiger partial charge in [-0.25, -0.2) is 4.98 Å². The molecule has 6 rings (SSSR count). The van der Waals surface area contributed by atoms with Crippen LogP contribution in [0.25, 0.3) is 5.65 Å². The van der Waals surface area contributed by atoms with E-state index in [1.165, 1.54) is 11.3 Å². The highest BCUT2D eigenvalue weighted by Gasteiger charge is 2.40. The summed E-state index contributed by atoms with van der Waals surface area (Å²) < 4.78 is 1.95. The Kier molecular flexibility index (Phi) is 4.82. The lowest BCUT2D eigenvalue weighted by atomic mass is 9.96. The Labute approximate surface area is 188 Å². The average molecular weight is 438 g/mol. The van der Waals surface area contributed by atoms with Crippen LogP contribution in [-0.2, 0) is 22.4 Å². The van der Waals surface area contributed by atoms with Crippen LogP contribution in [0.2, 0.25) is 0 Å². The van der Waals surface area contributed by atoms with E-state index in [1.807, 2.05) is 26.6 Å². The van der Waals surface area contributed by atoms with Crippen molar-refractivity contribution in [3.05, 3.63) is 23.5 Å². The molecule has 0 spiro atoms. The zero-order valence-corrected chi connectivity index (χ0v) is 18.7. The van der Waals surface area contributed by atoms with Crippen LogP contribution in [0, 0.1) is 11.8 Å². The van der Waals surface area contributed by atoms with Gasteiger partial charge in [-0.15, -0.1) is 0 Å². The minimum absolute atomic E-state index is 0.0172. The van der Waals surface area contributed by atoms with E-state index in [-0.39, 0.29) is 17.7 Å². The fourth-order valence-electron chi connectivity index (χ4n) is 5.31. The highest BCUT2D eigenvalue weighted by Crippen LogP contribution is 2.33. The largest absolute Gasteiger partial charge is 0.354 e. The van der Waals surface area contributed by atoms with Crippen molar-refractivity contribution in [1.82, 2.24) is 29.3 Å². The minimum Gasteiger partial charge on any atom is -0.354 e. The number of aromatic nitrogens is 3. The normalized spacial score (nSPS) is 22.6. The van der Waals surface area contributed by atoms with E-state index in [4.69, 9.17) is 4.98 Å². The summed E-state index contributed by atoms with van der Waals surface area (Å²) in [6, 6.07) is 1.96. The monoisotopic (exact) mass is 437 g/mol. The van der Waals surface area contributed by atoms with Crippen molar-refractivity contribution in [3.8, 4) is 0 Å². The minimum atomic E-state index is 0.0172. The molecule has 2 amide bonds. The number of piperazine rings is 1. The molecule has 3 aliphatic heterocycles. The van der Waals surface area contributed by atoms with Gasteiger partial charge < -0.3 is 19.6 Å². The van der Waals surface area contributed by atoms with Crippen molar-refractivity contribution in [2.24, 2.45) is 11.8 Å². The summed E-state index contributed by atoms with van der Waals surface area (Å²) in [7, 11) is 2.16. The molecule has 9 heteroatoms. The molecule has 1 saturated carbocycles. The van der Waals surface area contributed by atoms with Crippen LogP contribution in [0.5, 0.6) is 0 Å². The summed E-state index contributed by atoms with van der Waals surface area (Å²) in [4.78, 5) is 38.9. The predicted octanol–water partition coefficient (Wildman–Crippen LogP) is 0.277. The molecule has 0 N–H and O–H groups in total. The van der Waals surface area contributed by atoms with Gasteiger partial charge in [0.2, 0.25) is 11.8 Å². The number of nitrogens with zero attached hydrogens (tertiary/aromatic N) is 7. The highest BCUT2D eigenvalue weighted by molar-refractivity contribution is 5.84. The number of amides is 2. The fourth-order valence-corrected chi connectivity index (χ4v) is 5.31. The standard InChI is InChI=1S/C23H31N7O2/c1-26-8-5-18-19(6-9-26)25-20-4-7-24-30(20)21(18)29-14-17(15-29)23(32)28-12-10-27(11-13-28)22(31)16-2-3-16/h4,7,16-17H,2-3,5-6,8-15H2,1H3. The van der Waals surface area contributed by atoms with Gasteiger partial charge in [0, 0.05) is 76.3 Å². The van der Waals surface area contributed by atoms with Gasteiger partial charge in [0.15, 0.2) is 5.65 Å². The average Bonchev–Trinajstić information content (AvgIpc) is 3.55. The van der Waals surface area contributed by atoms with Gasteiger partial charge >= 0.3 is 0 Å². The molecule has 0 unspecified atom stereocenters. The number of hydrogen-bond acceptors (Lipinski definition) is 6. The van der Waals surface area contributed by atoms with Crippen LogP contribution in [0.15, 0.2) is 12.3 Å². The van der Waals surface area contributed by atoms with Crippen molar-refractivity contribution in [2.45, 2.75) is 25.7 Å². The van der Waals surface area contributed by atoms with Crippen molar-refractivity contribution in [3.63, 3.8) is 0 Å². The molecule has 0 aromatic carbocycles. The van der Waals surface area contributed by atoms with Crippen molar-refractivity contribution < 1.29 is 9.59 Å². The summed E-state index contributed by atoms with van der Waals surface area (Å²) in [5.41, 5.74) is 3.33. The van der Waals surface area contributed by atoms with E-state index < -0.39 is 0 Å². The van der Waals surface area contributed by atoms with Gasteiger partial charge in [-0.1, -0.05) is 0 Å². The summed E-state index contributed by atoms with van der Waals surface area (Å²) in [6.07, 6.45) is 5.78. The molecule has 0 bridgehead atoms. The summed E-state index contributed by atoms with van der Waals surface area (Å²) in [5.74, 6) is 1.92. The van der Waals surface area contributed by atoms with E-state index in [0.717, 1.165) is 63.3 Å². The smallest absolute Gasteiger partial charge is 0.229 e. The molecule has 4 aliphatic rings. The van der Waals surface area contributed by atoms with Gasteiger partial charge in [-0.2, -0.15) is 9.61 Å². The maximum Gasteiger partial charge on any atom is 0.229 e. The maximum absolute atomic E-state index is 13.1. The van der Waals surface area contributed by atoms with Crippen LogP contribution in [0.4, 0.5) is 5.82 Å². The van der Waals surface area contributed by atoms with Gasteiger partial charge in [0.1, 0.15) is 5.82 Å². The molecule has 0 radical (unpaired) electrons. The van der Waals surface area contributed by atoms with Gasteiger partial charge in [-0.3, -0.25) is 9.59 Å². The molecular formula is C23H31N7O2. The molecular weight excluding hydrogens is 406 g/mol. The Morgan fingerprint density at radius 3 is 2.25 bits per heavy atom. The zero-order valence-electron chi connectivity index (χ0n) is 18.7. The first kappa shape index (κ1) is 20.0. The van der Waals surface area contributed by atoms with Crippen molar-refractivity contribution >= 4 is 23.3 Å². The first-order valence-corrected chi connectivity index (χ1v) is 11.9. The lowest BCUT2D eigenvalue weighted by Crippen LogP contribution is -2.59. The third-order valence-electron chi connectivity index (χ3n) is 7.52. The molecule has 32 heavy (non-hydrogen) atoms. The van der Waals surface area contributed by atoms with Crippen LogP contribution < -0.4 is 4.90 Å². The number of anilines is 1. The summed E-state index contributed by atoms with van der Waals surface area (Å²) in [5, 5.41) is 4.55. The Bertz CT molecular complexity index is 1050. The SMILES string of the molecule is CN1CCc2nc3ccnn3c(N3CC(C(=O)N4CCN(C(=O)C5CC5)CC4)C3)c2CC1. The van der Waals surface area contributed by atoms with Gasteiger partial charge in [0.05, 0.1) is 17.8 Å².